The molecule has 0 radical (unpaired) electrons. The third kappa shape index (κ3) is 3.78. The molecular formula is C13H17NO4S. The Kier molecular flexibility index (Phi) is 3.64. The van der Waals surface area contributed by atoms with Crippen molar-refractivity contribution in [3.63, 3.8) is 0 Å². The van der Waals surface area contributed by atoms with E-state index in [-0.39, 0.29) is 16.9 Å². The number of benzene rings is 1. The fourth-order valence-corrected chi connectivity index (χ4v) is 3.22. The van der Waals surface area contributed by atoms with Crippen LogP contribution in [-0.2, 0) is 21.2 Å². The molecule has 0 unspecified atom stereocenters. The second kappa shape index (κ2) is 4.94. The van der Waals surface area contributed by atoms with Crippen molar-refractivity contribution in [3.05, 3.63) is 29.8 Å². The summed E-state index contributed by atoms with van der Waals surface area (Å²) in [7, 11) is -3.47. The summed E-state index contributed by atoms with van der Waals surface area (Å²) in [5, 5.41) is 8.59. The molecule has 0 atom stereocenters. The Hall–Kier alpha value is -1.40. The molecule has 19 heavy (non-hydrogen) atoms. The first-order valence-electron chi connectivity index (χ1n) is 6.15. The highest BCUT2D eigenvalue weighted by atomic mass is 32.2. The van der Waals surface area contributed by atoms with Crippen LogP contribution in [0.3, 0.4) is 0 Å². The molecule has 0 aromatic heterocycles. The summed E-state index contributed by atoms with van der Waals surface area (Å²) in [4.78, 5) is 10.7. The molecule has 0 bridgehead atoms. The second-order valence-corrected chi connectivity index (χ2v) is 6.89. The fraction of sp³-hybridized carbons (Fsp3) is 0.462. The van der Waals surface area contributed by atoms with Gasteiger partial charge in [0.15, 0.2) is 0 Å². The first kappa shape index (κ1) is 14.0. The average Bonchev–Trinajstić information content (AvgIpc) is 3.03. The van der Waals surface area contributed by atoms with Crippen LogP contribution < -0.4 is 4.72 Å². The highest BCUT2D eigenvalue weighted by molar-refractivity contribution is 7.89. The second-order valence-electron chi connectivity index (χ2n) is 5.20. The van der Waals surface area contributed by atoms with Crippen LogP contribution in [0.25, 0.3) is 0 Å². The maximum atomic E-state index is 12.1. The summed E-state index contributed by atoms with van der Waals surface area (Å²) in [5.74, 6) is -0.861. The van der Waals surface area contributed by atoms with Crippen molar-refractivity contribution < 1.29 is 18.3 Å². The van der Waals surface area contributed by atoms with E-state index < -0.39 is 16.0 Å². The Morgan fingerprint density at radius 3 is 2.37 bits per heavy atom. The van der Waals surface area contributed by atoms with E-state index in [1.54, 1.807) is 12.1 Å². The fourth-order valence-electron chi connectivity index (χ4n) is 1.76. The molecule has 1 aromatic rings. The highest BCUT2D eigenvalue weighted by Crippen LogP contribution is 2.35. The number of carboxylic acids is 1. The van der Waals surface area contributed by atoms with E-state index in [4.69, 9.17) is 5.11 Å². The zero-order valence-electron chi connectivity index (χ0n) is 10.7. The van der Waals surface area contributed by atoms with Crippen LogP contribution in [-0.4, -0.2) is 25.0 Å². The first-order valence-corrected chi connectivity index (χ1v) is 7.64. The molecule has 0 saturated heterocycles. The largest absolute Gasteiger partial charge is 0.481 e. The average molecular weight is 283 g/mol. The van der Waals surface area contributed by atoms with Gasteiger partial charge >= 0.3 is 5.97 Å². The van der Waals surface area contributed by atoms with Gasteiger partial charge in [0.1, 0.15) is 0 Å². The van der Waals surface area contributed by atoms with Crippen LogP contribution in [0.5, 0.6) is 0 Å². The highest BCUT2D eigenvalue weighted by Gasteiger charge is 2.41. The molecule has 0 amide bonds. The smallest absolute Gasteiger partial charge is 0.303 e. The van der Waals surface area contributed by atoms with E-state index in [0.29, 0.717) is 6.42 Å². The van der Waals surface area contributed by atoms with Crippen LogP contribution in [0.4, 0.5) is 0 Å². The summed E-state index contributed by atoms with van der Waals surface area (Å²) >= 11 is 0. The Balaban J connectivity index is 2.07. The van der Waals surface area contributed by atoms with Gasteiger partial charge in [0.2, 0.25) is 10.0 Å². The van der Waals surface area contributed by atoms with E-state index in [1.807, 2.05) is 6.92 Å². The SMILES string of the molecule is CC1(NS(=O)(=O)c2ccc(CCC(=O)O)cc2)CC1. The summed E-state index contributed by atoms with van der Waals surface area (Å²) in [6.45, 7) is 1.88. The summed E-state index contributed by atoms with van der Waals surface area (Å²) < 4.78 is 26.8. The minimum absolute atomic E-state index is 0.0441. The van der Waals surface area contributed by atoms with E-state index in [2.05, 4.69) is 4.72 Å². The van der Waals surface area contributed by atoms with E-state index in [1.165, 1.54) is 12.1 Å². The number of sulfonamides is 1. The molecule has 6 heteroatoms. The van der Waals surface area contributed by atoms with Crippen molar-refractivity contribution in [2.24, 2.45) is 0 Å². The molecule has 1 aliphatic carbocycles. The number of aliphatic carboxylic acids is 1. The van der Waals surface area contributed by atoms with Gasteiger partial charge in [-0.25, -0.2) is 13.1 Å². The zero-order chi connectivity index (χ0) is 14.1. The van der Waals surface area contributed by atoms with Crippen LogP contribution in [0.1, 0.15) is 31.7 Å². The maximum Gasteiger partial charge on any atom is 0.303 e. The third-order valence-corrected chi connectivity index (χ3v) is 4.90. The monoisotopic (exact) mass is 283 g/mol. The van der Waals surface area contributed by atoms with Crippen molar-refractivity contribution in [1.82, 2.24) is 4.72 Å². The molecule has 0 spiro atoms. The topological polar surface area (TPSA) is 83.5 Å². The van der Waals surface area contributed by atoms with Gasteiger partial charge in [-0.2, -0.15) is 0 Å². The lowest BCUT2D eigenvalue weighted by Gasteiger charge is -2.12. The van der Waals surface area contributed by atoms with E-state index in [0.717, 1.165) is 18.4 Å². The molecule has 104 valence electrons. The number of carboxylic acid groups (broad SMARTS) is 1. The molecule has 0 heterocycles. The van der Waals surface area contributed by atoms with Crippen LogP contribution >= 0.6 is 0 Å². The minimum atomic E-state index is -3.47. The van der Waals surface area contributed by atoms with Crippen LogP contribution in [0.15, 0.2) is 29.2 Å². The van der Waals surface area contributed by atoms with Gasteiger partial charge in [-0.15, -0.1) is 0 Å². The number of hydrogen-bond donors (Lipinski definition) is 2. The molecule has 1 fully saturated rings. The van der Waals surface area contributed by atoms with E-state index >= 15 is 0 Å². The third-order valence-electron chi connectivity index (χ3n) is 3.24. The lowest BCUT2D eigenvalue weighted by Crippen LogP contribution is -2.34. The first-order chi connectivity index (χ1) is 8.81. The molecule has 5 nitrogen and oxygen atoms in total. The van der Waals surface area contributed by atoms with Crippen molar-refractivity contribution in [3.8, 4) is 0 Å². The summed E-state index contributed by atoms with van der Waals surface area (Å²) in [5.41, 5.74) is 0.528. The van der Waals surface area contributed by atoms with E-state index in [9.17, 15) is 13.2 Å². The van der Waals surface area contributed by atoms with Crippen LogP contribution in [0, 0.1) is 0 Å². The Bertz CT molecular complexity index is 573. The van der Waals surface area contributed by atoms with Gasteiger partial charge in [0.25, 0.3) is 0 Å². The number of carbonyl (C=O) groups is 1. The van der Waals surface area contributed by atoms with Gasteiger partial charge in [-0.1, -0.05) is 12.1 Å². The van der Waals surface area contributed by atoms with Crippen LogP contribution in [0.2, 0.25) is 0 Å². The lowest BCUT2D eigenvalue weighted by atomic mass is 10.1. The molecule has 1 aromatic carbocycles. The normalized spacial score (nSPS) is 17.1. The van der Waals surface area contributed by atoms with Gasteiger partial charge in [0.05, 0.1) is 4.90 Å². The number of aryl methyl sites for hydroxylation is 1. The lowest BCUT2D eigenvalue weighted by molar-refractivity contribution is -0.136. The van der Waals surface area contributed by atoms with Gasteiger partial charge in [0, 0.05) is 12.0 Å². The zero-order valence-corrected chi connectivity index (χ0v) is 11.5. The summed E-state index contributed by atoms with van der Waals surface area (Å²) in [6.07, 6.45) is 2.18. The number of hydrogen-bond acceptors (Lipinski definition) is 3. The molecule has 0 aliphatic heterocycles. The molecule has 1 saturated carbocycles. The standard InChI is InChI=1S/C13H17NO4S/c1-13(8-9-13)14-19(17,18)11-5-2-10(3-6-11)4-7-12(15)16/h2-3,5-6,14H,4,7-9H2,1H3,(H,15,16). The Morgan fingerprint density at radius 1 is 1.32 bits per heavy atom. The molecule has 2 N–H and O–H groups in total. The quantitative estimate of drug-likeness (QED) is 0.829. The Morgan fingerprint density at radius 2 is 1.89 bits per heavy atom. The number of nitrogens with one attached hydrogen (secondary N) is 1. The predicted molar refractivity (Wildman–Crippen MR) is 70.4 cm³/mol. The van der Waals surface area contributed by atoms with Crippen molar-refractivity contribution in [2.75, 3.05) is 0 Å². The molecular weight excluding hydrogens is 266 g/mol. The maximum absolute atomic E-state index is 12.1. The molecule has 1 aliphatic rings. The van der Waals surface area contributed by atoms with Crippen molar-refractivity contribution in [1.29, 1.82) is 0 Å². The van der Waals surface area contributed by atoms with Crippen molar-refractivity contribution in [2.45, 2.75) is 43.0 Å². The van der Waals surface area contributed by atoms with Crippen molar-refractivity contribution >= 4 is 16.0 Å². The minimum Gasteiger partial charge on any atom is -0.481 e. The summed E-state index contributed by atoms with van der Waals surface area (Å²) in [6, 6.07) is 6.36. The predicted octanol–water partition coefficient (Wildman–Crippen LogP) is 1.53. The van der Waals surface area contributed by atoms with Gasteiger partial charge in [-0.05, 0) is 43.9 Å². The molecule has 2 rings (SSSR count). The van der Waals surface area contributed by atoms with Gasteiger partial charge in [-0.3, -0.25) is 4.79 Å². The number of rotatable bonds is 6. The Labute approximate surface area is 112 Å². The van der Waals surface area contributed by atoms with Gasteiger partial charge < -0.3 is 5.11 Å².